The van der Waals surface area contributed by atoms with Gasteiger partial charge in [-0.3, -0.25) is 9.58 Å². The van der Waals surface area contributed by atoms with Gasteiger partial charge < -0.3 is 19.8 Å². The van der Waals surface area contributed by atoms with E-state index < -0.39 is 24.3 Å². The van der Waals surface area contributed by atoms with E-state index in [9.17, 15) is 26.3 Å². The second kappa shape index (κ2) is 12.0. The molecule has 0 bridgehead atoms. The maximum absolute atomic E-state index is 10.6. The molecule has 2 saturated heterocycles. The smallest absolute Gasteiger partial charge is 0.475 e. The monoisotopic (exact) mass is 528 g/mol. The van der Waals surface area contributed by atoms with Crippen LogP contribution in [0.5, 0.6) is 0 Å². The number of likely N-dealkylation sites (tertiary alicyclic amines) is 1. The third-order valence-electron chi connectivity index (χ3n) is 4.84. The highest BCUT2D eigenvalue weighted by Gasteiger charge is 2.41. The van der Waals surface area contributed by atoms with Crippen LogP contribution < -0.4 is 4.90 Å². The molecule has 4 heterocycles. The maximum Gasteiger partial charge on any atom is 0.490 e. The van der Waals surface area contributed by atoms with Gasteiger partial charge in [-0.25, -0.2) is 19.6 Å². The van der Waals surface area contributed by atoms with Crippen molar-refractivity contribution in [2.24, 2.45) is 7.05 Å². The summed E-state index contributed by atoms with van der Waals surface area (Å²) in [6.45, 7) is 4.42. The van der Waals surface area contributed by atoms with Crippen molar-refractivity contribution in [3.8, 4) is 0 Å². The number of carboxylic acids is 2. The van der Waals surface area contributed by atoms with Crippen LogP contribution in [-0.2, 0) is 27.9 Å². The second-order valence-electron chi connectivity index (χ2n) is 7.54. The Hall–Kier alpha value is -3.47. The highest BCUT2D eigenvalue weighted by Crippen LogP contribution is 2.26. The van der Waals surface area contributed by atoms with E-state index in [1.807, 2.05) is 24.0 Å². The Labute approximate surface area is 199 Å². The van der Waals surface area contributed by atoms with Crippen molar-refractivity contribution in [2.45, 2.75) is 31.0 Å². The van der Waals surface area contributed by atoms with Crippen molar-refractivity contribution >= 4 is 17.9 Å². The Kier molecular flexibility index (Phi) is 9.57. The number of rotatable bonds is 3. The molecule has 2 fully saturated rings. The summed E-state index contributed by atoms with van der Waals surface area (Å²) in [5.74, 6) is -4.70. The molecule has 2 N–H and O–H groups in total. The molecular weight excluding hydrogens is 506 g/mol. The van der Waals surface area contributed by atoms with Crippen molar-refractivity contribution in [3.05, 3.63) is 36.4 Å². The zero-order chi connectivity index (χ0) is 27.1. The fraction of sp³-hybridized carbons (Fsp3) is 0.526. The van der Waals surface area contributed by atoms with Gasteiger partial charge in [0, 0.05) is 57.4 Å². The van der Waals surface area contributed by atoms with Crippen molar-refractivity contribution in [3.63, 3.8) is 0 Å². The molecule has 0 aliphatic carbocycles. The second-order valence-corrected chi connectivity index (χ2v) is 7.54. The average molecular weight is 528 g/mol. The van der Waals surface area contributed by atoms with Crippen LogP contribution >= 0.6 is 0 Å². The van der Waals surface area contributed by atoms with Gasteiger partial charge in [0.05, 0.1) is 24.9 Å². The third-order valence-corrected chi connectivity index (χ3v) is 4.84. The summed E-state index contributed by atoms with van der Waals surface area (Å²) in [7, 11) is 1.95. The number of hydrogen-bond acceptors (Lipinski definition) is 8. The minimum absolute atomic E-state index is 0.231. The van der Waals surface area contributed by atoms with E-state index in [-0.39, 0.29) is 6.10 Å². The van der Waals surface area contributed by atoms with Crippen molar-refractivity contribution in [1.82, 2.24) is 24.6 Å². The predicted molar refractivity (Wildman–Crippen MR) is 109 cm³/mol. The molecule has 0 aromatic carbocycles. The molecule has 0 spiro atoms. The molecule has 0 amide bonds. The van der Waals surface area contributed by atoms with Crippen LogP contribution in [0, 0.1) is 0 Å². The molecule has 2 aromatic heterocycles. The van der Waals surface area contributed by atoms with Crippen molar-refractivity contribution in [1.29, 1.82) is 0 Å². The number of aryl methyl sites for hydroxylation is 1. The minimum Gasteiger partial charge on any atom is -0.475 e. The van der Waals surface area contributed by atoms with E-state index in [1.165, 1.54) is 5.56 Å². The summed E-state index contributed by atoms with van der Waals surface area (Å²) in [5.41, 5.74) is 1.24. The van der Waals surface area contributed by atoms with E-state index >= 15 is 0 Å². The quantitative estimate of drug-likeness (QED) is 0.566. The molecule has 2 atom stereocenters. The van der Waals surface area contributed by atoms with Gasteiger partial charge in [0.2, 0.25) is 5.95 Å². The number of anilines is 1. The fourth-order valence-electron chi connectivity index (χ4n) is 3.39. The van der Waals surface area contributed by atoms with Crippen LogP contribution in [0.1, 0.15) is 5.56 Å². The van der Waals surface area contributed by atoms with Gasteiger partial charge in [0.1, 0.15) is 0 Å². The van der Waals surface area contributed by atoms with Crippen molar-refractivity contribution < 1.29 is 50.9 Å². The van der Waals surface area contributed by atoms with Gasteiger partial charge in [0.15, 0.2) is 0 Å². The number of nitrogens with zero attached hydrogens (tertiary/aromatic N) is 6. The lowest BCUT2D eigenvalue weighted by Crippen LogP contribution is -2.51. The zero-order valence-electron chi connectivity index (χ0n) is 18.6. The first-order valence-corrected chi connectivity index (χ1v) is 10.1. The van der Waals surface area contributed by atoms with E-state index in [1.54, 1.807) is 12.4 Å². The first kappa shape index (κ1) is 28.8. The fourth-order valence-corrected chi connectivity index (χ4v) is 3.39. The van der Waals surface area contributed by atoms with Crippen LogP contribution in [0.3, 0.4) is 0 Å². The molecule has 4 rings (SSSR count). The predicted octanol–water partition coefficient (Wildman–Crippen LogP) is 1.57. The van der Waals surface area contributed by atoms with Crippen LogP contribution in [0.15, 0.2) is 30.9 Å². The number of ether oxygens (including phenoxy) is 1. The molecule has 200 valence electrons. The number of aliphatic carboxylic acids is 2. The number of hydrogen-bond donors (Lipinski definition) is 2. The van der Waals surface area contributed by atoms with Gasteiger partial charge >= 0.3 is 24.3 Å². The number of fused-ring (bicyclic) bond motifs is 1. The van der Waals surface area contributed by atoms with Gasteiger partial charge in [-0.2, -0.15) is 31.4 Å². The standard InChI is InChI=1S/C15H20N6O.2C2HF3O2/c1-19-8-12(7-18-19)9-20-10-13-14(11-20)22-6-5-21(13)15-16-3-2-4-17-15;2*3-2(4,5)1(6)7/h2-4,7-8,13-14H,5-6,9-11H2,1H3;2*(H,6,7)/t13-,14+;;/m1../s1. The lowest BCUT2D eigenvalue weighted by molar-refractivity contribution is -0.193. The molecule has 2 aromatic rings. The SMILES string of the molecule is Cn1cc(CN2C[C@@H]3OCCN(c4ncccn4)[C@@H]3C2)cn1.O=C(O)C(F)(F)F.O=C(O)C(F)(F)F. The normalized spacial score (nSPS) is 19.9. The summed E-state index contributed by atoms with van der Waals surface area (Å²) in [5, 5.41) is 18.5. The zero-order valence-corrected chi connectivity index (χ0v) is 18.6. The highest BCUT2D eigenvalue weighted by molar-refractivity contribution is 5.73. The molecule has 2 aliphatic rings. The van der Waals surface area contributed by atoms with E-state index in [4.69, 9.17) is 24.5 Å². The van der Waals surface area contributed by atoms with E-state index in [0.29, 0.717) is 6.04 Å². The number of carbonyl (C=O) groups is 2. The Bertz CT molecular complexity index is 979. The summed E-state index contributed by atoms with van der Waals surface area (Å²) in [6.07, 6.45) is -2.33. The van der Waals surface area contributed by atoms with Crippen LogP contribution in [0.2, 0.25) is 0 Å². The van der Waals surface area contributed by atoms with Crippen LogP contribution in [0.4, 0.5) is 32.3 Å². The van der Waals surface area contributed by atoms with Gasteiger partial charge in [-0.1, -0.05) is 0 Å². The summed E-state index contributed by atoms with van der Waals surface area (Å²) < 4.78 is 71.3. The van der Waals surface area contributed by atoms with E-state index in [2.05, 4.69) is 31.1 Å². The molecule has 0 radical (unpaired) electrons. The number of alkyl halides is 6. The van der Waals surface area contributed by atoms with Crippen molar-refractivity contribution in [2.75, 3.05) is 31.1 Å². The van der Waals surface area contributed by atoms with Gasteiger partial charge in [-0.15, -0.1) is 0 Å². The summed E-state index contributed by atoms with van der Waals surface area (Å²) in [6, 6.07) is 2.18. The number of carboxylic acid groups (broad SMARTS) is 2. The molecule has 0 unspecified atom stereocenters. The van der Waals surface area contributed by atoms with Gasteiger partial charge in [0.25, 0.3) is 0 Å². The molecular formula is C19H22F6N6O5. The molecule has 2 aliphatic heterocycles. The minimum atomic E-state index is -5.08. The first-order valence-electron chi connectivity index (χ1n) is 10.1. The Morgan fingerprint density at radius 3 is 2.08 bits per heavy atom. The topological polar surface area (TPSA) is 134 Å². The first-order chi connectivity index (χ1) is 16.7. The molecule has 17 heteroatoms. The Morgan fingerprint density at radius 1 is 1.06 bits per heavy atom. The summed E-state index contributed by atoms with van der Waals surface area (Å²) >= 11 is 0. The average Bonchev–Trinajstić information content (AvgIpc) is 3.39. The third kappa shape index (κ3) is 8.63. The Morgan fingerprint density at radius 2 is 1.61 bits per heavy atom. The van der Waals surface area contributed by atoms with Crippen LogP contribution in [0.25, 0.3) is 0 Å². The molecule has 11 nitrogen and oxygen atoms in total. The number of halogens is 6. The lowest BCUT2D eigenvalue weighted by atomic mass is 10.1. The Balaban J connectivity index is 0.000000271. The van der Waals surface area contributed by atoms with E-state index in [0.717, 1.165) is 38.7 Å². The maximum atomic E-state index is 10.6. The van der Waals surface area contributed by atoms with Crippen LogP contribution in [-0.4, -0.2) is 97.5 Å². The number of aromatic nitrogens is 4. The largest absolute Gasteiger partial charge is 0.490 e. The highest BCUT2D eigenvalue weighted by atomic mass is 19.4. The lowest BCUT2D eigenvalue weighted by Gasteiger charge is -2.36. The molecule has 36 heavy (non-hydrogen) atoms. The summed E-state index contributed by atoms with van der Waals surface area (Å²) in [4.78, 5) is 31.3. The number of morpholine rings is 1. The molecule has 0 saturated carbocycles. The van der Waals surface area contributed by atoms with Gasteiger partial charge in [-0.05, 0) is 6.07 Å².